The van der Waals surface area contributed by atoms with Crippen molar-refractivity contribution in [1.82, 2.24) is 0 Å². The van der Waals surface area contributed by atoms with Crippen molar-refractivity contribution in [2.45, 2.75) is 25.7 Å². The average Bonchev–Trinajstić information content (AvgIpc) is 2.62. The minimum absolute atomic E-state index is 0.128. The van der Waals surface area contributed by atoms with E-state index in [0.717, 1.165) is 0 Å². The zero-order valence-electron chi connectivity index (χ0n) is 11.0. The standard InChI is InChI=1S/C13H14N2O4S/c1-3-7(11(16)17)13(2)10-8(14-12(13)20)5-4-6-9(10)15(18)19/h4-7H,3H2,1-2H3,(H,14,20)(H,16,17)/p-1. The molecule has 1 N–H and O–H groups in total. The lowest BCUT2D eigenvalue weighted by atomic mass is 9.71. The molecule has 0 fully saturated rings. The fraction of sp³-hybridized carbons (Fsp3) is 0.385. The summed E-state index contributed by atoms with van der Waals surface area (Å²) in [7, 11) is 0. The highest BCUT2D eigenvalue weighted by atomic mass is 32.1. The number of carbonyl (C=O) groups is 1. The number of carboxylic acid groups (broad SMARTS) is 1. The third-order valence-corrected chi connectivity index (χ3v) is 4.39. The monoisotopic (exact) mass is 293 g/mol. The van der Waals surface area contributed by atoms with Crippen LogP contribution >= 0.6 is 12.2 Å². The van der Waals surface area contributed by atoms with Crippen LogP contribution in [0.3, 0.4) is 0 Å². The second-order valence-electron chi connectivity index (χ2n) is 4.89. The van der Waals surface area contributed by atoms with E-state index in [-0.39, 0.29) is 17.1 Å². The number of nitro benzene ring substituents is 1. The molecule has 106 valence electrons. The second kappa shape index (κ2) is 4.82. The molecule has 6 nitrogen and oxygen atoms in total. The van der Waals surface area contributed by atoms with Crippen molar-refractivity contribution in [2.75, 3.05) is 5.32 Å². The van der Waals surface area contributed by atoms with Crippen LogP contribution in [0.25, 0.3) is 0 Å². The van der Waals surface area contributed by atoms with Gasteiger partial charge in [-0.1, -0.05) is 25.2 Å². The topological polar surface area (TPSA) is 95.3 Å². The number of nitrogens with one attached hydrogen (secondary N) is 1. The van der Waals surface area contributed by atoms with Crippen LogP contribution in [-0.4, -0.2) is 15.9 Å². The summed E-state index contributed by atoms with van der Waals surface area (Å²) in [5.41, 5.74) is -0.448. The van der Waals surface area contributed by atoms with E-state index in [0.29, 0.717) is 11.3 Å². The van der Waals surface area contributed by atoms with Gasteiger partial charge in [-0.25, -0.2) is 0 Å². The van der Waals surface area contributed by atoms with Crippen LogP contribution in [0.4, 0.5) is 11.4 Å². The normalized spacial score (nSPS) is 22.0. The van der Waals surface area contributed by atoms with Crippen molar-refractivity contribution in [2.24, 2.45) is 5.92 Å². The van der Waals surface area contributed by atoms with Crippen LogP contribution in [0, 0.1) is 16.0 Å². The summed E-state index contributed by atoms with van der Waals surface area (Å²) in [4.78, 5) is 22.4. The Hall–Kier alpha value is -2.02. The minimum atomic E-state index is -1.26. The molecule has 7 heteroatoms. The van der Waals surface area contributed by atoms with Crippen LogP contribution in [0.15, 0.2) is 18.2 Å². The summed E-state index contributed by atoms with van der Waals surface area (Å²) >= 11 is 5.24. The number of fused-ring (bicyclic) bond motifs is 1. The number of thiocarbonyl (C=S) groups is 1. The molecule has 20 heavy (non-hydrogen) atoms. The smallest absolute Gasteiger partial charge is 0.275 e. The van der Waals surface area contributed by atoms with Gasteiger partial charge in [0.25, 0.3) is 5.69 Å². The Morgan fingerprint density at radius 2 is 2.20 bits per heavy atom. The van der Waals surface area contributed by atoms with Crippen LogP contribution in [0.5, 0.6) is 0 Å². The molecule has 1 aliphatic rings. The molecule has 2 atom stereocenters. The number of hydrogen-bond acceptors (Lipinski definition) is 5. The van der Waals surface area contributed by atoms with Crippen LogP contribution in [0.2, 0.25) is 0 Å². The van der Waals surface area contributed by atoms with E-state index in [2.05, 4.69) is 5.32 Å². The van der Waals surface area contributed by atoms with Gasteiger partial charge < -0.3 is 15.2 Å². The third kappa shape index (κ3) is 1.85. The van der Waals surface area contributed by atoms with Crippen LogP contribution < -0.4 is 10.4 Å². The Morgan fingerprint density at radius 1 is 1.55 bits per heavy atom. The largest absolute Gasteiger partial charge is 0.550 e. The Balaban J connectivity index is 2.73. The lowest BCUT2D eigenvalue weighted by Gasteiger charge is -2.34. The van der Waals surface area contributed by atoms with Crippen molar-refractivity contribution < 1.29 is 14.8 Å². The van der Waals surface area contributed by atoms with Gasteiger partial charge in [-0.05, 0) is 19.4 Å². The summed E-state index contributed by atoms with van der Waals surface area (Å²) in [6.45, 7) is 3.31. The van der Waals surface area contributed by atoms with Gasteiger partial charge >= 0.3 is 0 Å². The molecular weight excluding hydrogens is 280 g/mol. The molecule has 0 saturated carbocycles. The van der Waals surface area contributed by atoms with Gasteiger partial charge in [0.2, 0.25) is 0 Å². The van der Waals surface area contributed by atoms with Crippen molar-refractivity contribution in [1.29, 1.82) is 0 Å². The first-order valence-electron chi connectivity index (χ1n) is 6.14. The summed E-state index contributed by atoms with van der Waals surface area (Å²) in [5, 5.41) is 25.5. The molecule has 1 heterocycles. The lowest BCUT2D eigenvalue weighted by Crippen LogP contribution is -2.47. The van der Waals surface area contributed by atoms with Gasteiger partial charge in [0.05, 0.1) is 20.9 Å². The highest BCUT2D eigenvalue weighted by Gasteiger charge is 2.49. The SMILES string of the molecule is CCC(C(=O)[O-])C1(C)C(=S)Nc2cccc([N+](=O)[O-])c21. The van der Waals surface area contributed by atoms with E-state index in [1.54, 1.807) is 19.9 Å². The zero-order chi connectivity index (χ0) is 15.1. The number of benzene rings is 1. The van der Waals surface area contributed by atoms with E-state index in [1.807, 2.05) is 0 Å². The third-order valence-electron chi connectivity index (χ3n) is 3.87. The van der Waals surface area contributed by atoms with Gasteiger partial charge in [-0.15, -0.1) is 0 Å². The molecule has 0 radical (unpaired) electrons. The molecule has 0 bridgehead atoms. The van der Waals surface area contributed by atoms with Crippen LogP contribution in [0.1, 0.15) is 25.8 Å². The fourth-order valence-corrected chi connectivity index (χ4v) is 3.21. The summed E-state index contributed by atoms with van der Waals surface area (Å²) in [5.74, 6) is -2.19. The van der Waals surface area contributed by atoms with Gasteiger partial charge in [-0.2, -0.15) is 0 Å². The second-order valence-corrected chi connectivity index (χ2v) is 5.30. The quantitative estimate of drug-likeness (QED) is 0.512. The van der Waals surface area contributed by atoms with Gasteiger partial charge in [0.15, 0.2) is 0 Å². The van der Waals surface area contributed by atoms with Crippen molar-refractivity contribution >= 4 is 34.6 Å². The van der Waals surface area contributed by atoms with Gasteiger partial charge in [0.1, 0.15) is 0 Å². The number of rotatable bonds is 4. The number of hydrogen-bond donors (Lipinski definition) is 1. The first-order valence-corrected chi connectivity index (χ1v) is 6.55. The predicted molar refractivity (Wildman–Crippen MR) is 75.5 cm³/mol. The first kappa shape index (κ1) is 14.4. The number of nitro groups is 1. The molecule has 1 aromatic rings. The Bertz CT molecular complexity index is 616. The molecule has 0 amide bonds. The number of nitrogens with zero attached hydrogens (tertiary/aromatic N) is 1. The first-order chi connectivity index (χ1) is 9.33. The summed E-state index contributed by atoms with van der Waals surface area (Å²) < 4.78 is 0. The van der Waals surface area contributed by atoms with E-state index in [4.69, 9.17) is 12.2 Å². The van der Waals surface area contributed by atoms with Gasteiger partial charge in [0, 0.05) is 23.6 Å². The molecule has 0 spiro atoms. The molecule has 1 aromatic carbocycles. The van der Waals surface area contributed by atoms with Crippen molar-refractivity contribution in [3.05, 3.63) is 33.9 Å². The van der Waals surface area contributed by atoms with E-state index >= 15 is 0 Å². The molecular formula is C13H13N2O4S-. The Morgan fingerprint density at radius 3 is 2.70 bits per heavy atom. The predicted octanol–water partition coefficient (Wildman–Crippen LogP) is 1.38. The number of anilines is 1. The molecule has 0 aliphatic carbocycles. The molecule has 2 unspecified atom stereocenters. The minimum Gasteiger partial charge on any atom is -0.550 e. The average molecular weight is 293 g/mol. The van der Waals surface area contributed by atoms with Crippen LogP contribution in [-0.2, 0) is 10.2 Å². The number of carbonyl (C=O) groups excluding carboxylic acids is 1. The molecule has 1 aliphatic heterocycles. The highest BCUT2D eigenvalue weighted by Crippen LogP contribution is 2.48. The van der Waals surface area contributed by atoms with Gasteiger partial charge in [-0.3, -0.25) is 10.1 Å². The number of aliphatic carboxylic acids is 1. The maximum atomic E-state index is 11.4. The Labute approximate surface area is 120 Å². The highest BCUT2D eigenvalue weighted by molar-refractivity contribution is 7.80. The number of carboxylic acids is 1. The van der Waals surface area contributed by atoms with E-state index in [1.165, 1.54) is 12.1 Å². The van der Waals surface area contributed by atoms with E-state index < -0.39 is 22.2 Å². The van der Waals surface area contributed by atoms with Crippen molar-refractivity contribution in [3.63, 3.8) is 0 Å². The molecule has 0 aromatic heterocycles. The summed E-state index contributed by atoms with van der Waals surface area (Å²) in [6.07, 6.45) is 0.270. The summed E-state index contributed by atoms with van der Waals surface area (Å²) in [6, 6.07) is 4.55. The lowest BCUT2D eigenvalue weighted by molar-refractivity contribution is -0.385. The Kier molecular flexibility index (Phi) is 3.47. The maximum absolute atomic E-state index is 11.4. The van der Waals surface area contributed by atoms with Crippen molar-refractivity contribution in [3.8, 4) is 0 Å². The fourth-order valence-electron chi connectivity index (χ4n) is 2.85. The molecule has 0 saturated heterocycles. The molecule has 2 rings (SSSR count). The maximum Gasteiger partial charge on any atom is 0.275 e. The van der Waals surface area contributed by atoms with E-state index in [9.17, 15) is 20.0 Å². The zero-order valence-corrected chi connectivity index (χ0v) is 11.8.